The zero-order valence-corrected chi connectivity index (χ0v) is 9.30. The van der Waals surface area contributed by atoms with Crippen molar-refractivity contribution in [2.75, 3.05) is 19.6 Å². The van der Waals surface area contributed by atoms with Crippen molar-refractivity contribution >= 4 is 5.91 Å². The van der Waals surface area contributed by atoms with Crippen LogP contribution in [0.1, 0.15) is 25.7 Å². The van der Waals surface area contributed by atoms with Gasteiger partial charge in [-0.25, -0.2) is 0 Å². The van der Waals surface area contributed by atoms with Gasteiger partial charge in [-0.3, -0.25) is 9.69 Å². The molecule has 16 heavy (non-hydrogen) atoms. The fraction of sp³-hybridized carbons (Fsp3) is 0.900. The van der Waals surface area contributed by atoms with Gasteiger partial charge in [0, 0.05) is 24.0 Å². The van der Waals surface area contributed by atoms with E-state index in [9.17, 15) is 4.79 Å². The van der Waals surface area contributed by atoms with Gasteiger partial charge < -0.3 is 5.32 Å². The summed E-state index contributed by atoms with van der Waals surface area (Å²) in [7, 11) is 0. The molecule has 1 amide bonds. The summed E-state index contributed by atoms with van der Waals surface area (Å²) >= 11 is 0. The number of azide groups is 1. The second-order valence-corrected chi connectivity index (χ2v) is 4.60. The molecule has 1 aliphatic heterocycles. The van der Waals surface area contributed by atoms with Crippen molar-refractivity contribution in [2.24, 2.45) is 5.11 Å². The molecule has 0 aromatic heterocycles. The minimum absolute atomic E-state index is 0.0595. The third-order valence-electron chi connectivity index (χ3n) is 3.24. The molecule has 0 atom stereocenters. The quantitative estimate of drug-likeness (QED) is 0.439. The minimum Gasteiger partial charge on any atom is -0.352 e. The standard InChI is InChI=1S/C10H17N5O/c11-14-13-9-5-15(6-9)7-10(16)12-8-3-1-2-4-8/h8-9H,1-7H2,(H,12,16). The van der Waals surface area contributed by atoms with Crippen LogP contribution >= 0.6 is 0 Å². The van der Waals surface area contributed by atoms with Crippen molar-refractivity contribution in [3.05, 3.63) is 10.4 Å². The van der Waals surface area contributed by atoms with Crippen molar-refractivity contribution in [3.8, 4) is 0 Å². The lowest BCUT2D eigenvalue weighted by Gasteiger charge is -2.35. The molecule has 1 aliphatic carbocycles. The zero-order chi connectivity index (χ0) is 11.4. The van der Waals surface area contributed by atoms with Crippen LogP contribution in [-0.4, -0.2) is 42.5 Å². The van der Waals surface area contributed by atoms with E-state index in [1.165, 1.54) is 12.8 Å². The number of nitrogens with one attached hydrogen (secondary N) is 1. The fourth-order valence-corrected chi connectivity index (χ4v) is 2.36. The molecule has 0 bridgehead atoms. The number of carbonyl (C=O) groups excluding carboxylic acids is 1. The largest absolute Gasteiger partial charge is 0.352 e. The lowest BCUT2D eigenvalue weighted by molar-refractivity contribution is -0.123. The Kier molecular flexibility index (Phi) is 3.64. The van der Waals surface area contributed by atoms with E-state index in [4.69, 9.17) is 5.53 Å². The van der Waals surface area contributed by atoms with Crippen LogP contribution in [0, 0.1) is 0 Å². The van der Waals surface area contributed by atoms with E-state index in [2.05, 4.69) is 15.3 Å². The molecular weight excluding hydrogens is 206 g/mol. The summed E-state index contributed by atoms with van der Waals surface area (Å²) in [5, 5.41) is 6.64. The molecule has 1 heterocycles. The molecule has 2 rings (SSSR count). The first-order chi connectivity index (χ1) is 7.78. The summed E-state index contributed by atoms with van der Waals surface area (Å²) in [5.41, 5.74) is 8.22. The molecule has 0 radical (unpaired) electrons. The number of nitrogens with zero attached hydrogens (tertiary/aromatic N) is 4. The molecule has 6 nitrogen and oxygen atoms in total. The van der Waals surface area contributed by atoms with Crippen molar-refractivity contribution in [3.63, 3.8) is 0 Å². The van der Waals surface area contributed by atoms with Gasteiger partial charge in [0.05, 0.1) is 12.6 Å². The number of hydrogen-bond acceptors (Lipinski definition) is 3. The maximum absolute atomic E-state index is 11.6. The fourth-order valence-electron chi connectivity index (χ4n) is 2.36. The lowest BCUT2D eigenvalue weighted by Crippen LogP contribution is -2.53. The summed E-state index contributed by atoms with van der Waals surface area (Å²) in [6.45, 7) is 1.86. The summed E-state index contributed by atoms with van der Waals surface area (Å²) < 4.78 is 0. The zero-order valence-electron chi connectivity index (χ0n) is 9.30. The second kappa shape index (κ2) is 5.18. The number of likely N-dealkylation sites (tertiary alicyclic amines) is 1. The Morgan fingerprint density at radius 1 is 1.44 bits per heavy atom. The Bertz CT molecular complexity index is 300. The highest BCUT2D eigenvalue weighted by atomic mass is 16.2. The molecule has 1 saturated heterocycles. The molecule has 2 fully saturated rings. The first kappa shape index (κ1) is 11.2. The van der Waals surface area contributed by atoms with Gasteiger partial charge in [0.2, 0.25) is 5.91 Å². The molecule has 6 heteroatoms. The van der Waals surface area contributed by atoms with Gasteiger partial charge in [-0.1, -0.05) is 18.0 Å². The van der Waals surface area contributed by atoms with Crippen LogP contribution in [0.2, 0.25) is 0 Å². The van der Waals surface area contributed by atoms with Crippen LogP contribution in [0.15, 0.2) is 5.11 Å². The Morgan fingerprint density at radius 2 is 2.12 bits per heavy atom. The van der Waals surface area contributed by atoms with Gasteiger partial charge >= 0.3 is 0 Å². The van der Waals surface area contributed by atoms with E-state index >= 15 is 0 Å². The normalized spacial score (nSPS) is 22.5. The topological polar surface area (TPSA) is 81.1 Å². The van der Waals surface area contributed by atoms with Crippen LogP contribution in [0.3, 0.4) is 0 Å². The predicted molar refractivity (Wildman–Crippen MR) is 59.8 cm³/mol. The third-order valence-corrected chi connectivity index (χ3v) is 3.24. The van der Waals surface area contributed by atoms with Gasteiger partial charge in [-0.05, 0) is 18.4 Å². The van der Waals surface area contributed by atoms with Gasteiger partial charge in [-0.15, -0.1) is 0 Å². The predicted octanol–water partition coefficient (Wildman–Crippen LogP) is 1.04. The summed E-state index contributed by atoms with van der Waals surface area (Å²) in [6, 6.07) is 0.450. The minimum atomic E-state index is 0.0595. The highest BCUT2D eigenvalue weighted by molar-refractivity contribution is 5.78. The number of carbonyl (C=O) groups is 1. The SMILES string of the molecule is [N-]=[N+]=NC1CN(CC(=O)NC2CCCC2)C1. The molecule has 1 saturated carbocycles. The first-order valence-corrected chi connectivity index (χ1v) is 5.84. The van der Waals surface area contributed by atoms with E-state index in [-0.39, 0.29) is 11.9 Å². The van der Waals surface area contributed by atoms with Crippen molar-refractivity contribution < 1.29 is 4.79 Å². The highest BCUT2D eigenvalue weighted by Crippen LogP contribution is 2.17. The van der Waals surface area contributed by atoms with Crippen LogP contribution in [-0.2, 0) is 4.79 Å². The molecule has 0 aromatic rings. The molecule has 1 N–H and O–H groups in total. The summed E-state index contributed by atoms with van der Waals surface area (Å²) in [5.74, 6) is 0.103. The van der Waals surface area contributed by atoms with Crippen LogP contribution in [0.25, 0.3) is 10.4 Å². The first-order valence-electron chi connectivity index (χ1n) is 5.84. The van der Waals surface area contributed by atoms with E-state index in [1.807, 2.05) is 4.90 Å². The van der Waals surface area contributed by atoms with Crippen molar-refractivity contribution in [1.29, 1.82) is 0 Å². The molecule has 0 spiro atoms. The average molecular weight is 223 g/mol. The smallest absolute Gasteiger partial charge is 0.234 e. The Morgan fingerprint density at radius 3 is 2.75 bits per heavy atom. The number of hydrogen-bond donors (Lipinski definition) is 1. The Balaban J connectivity index is 1.63. The molecule has 0 unspecified atom stereocenters. The van der Waals surface area contributed by atoms with Crippen molar-refractivity contribution in [2.45, 2.75) is 37.8 Å². The van der Waals surface area contributed by atoms with Gasteiger partial charge in [0.1, 0.15) is 0 Å². The van der Waals surface area contributed by atoms with Crippen LogP contribution in [0.5, 0.6) is 0 Å². The summed E-state index contributed by atoms with van der Waals surface area (Å²) in [4.78, 5) is 16.4. The maximum atomic E-state index is 11.6. The van der Waals surface area contributed by atoms with Gasteiger partial charge in [-0.2, -0.15) is 0 Å². The van der Waals surface area contributed by atoms with Crippen LogP contribution in [0.4, 0.5) is 0 Å². The average Bonchev–Trinajstić information content (AvgIpc) is 2.67. The number of rotatable bonds is 4. The third kappa shape index (κ3) is 2.87. The Labute approximate surface area is 94.6 Å². The Hall–Kier alpha value is -1.26. The van der Waals surface area contributed by atoms with Gasteiger partial charge in [0.25, 0.3) is 0 Å². The number of amides is 1. The van der Waals surface area contributed by atoms with E-state index < -0.39 is 0 Å². The van der Waals surface area contributed by atoms with E-state index in [0.29, 0.717) is 25.7 Å². The maximum Gasteiger partial charge on any atom is 0.234 e. The lowest BCUT2D eigenvalue weighted by atomic mass is 10.1. The molecule has 88 valence electrons. The molecule has 0 aromatic carbocycles. The second-order valence-electron chi connectivity index (χ2n) is 4.60. The molecular formula is C10H17N5O. The van der Waals surface area contributed by atoms with Crippen LogP contribution < -0.4 is 5.32 Å². The molecule has 2 aliphatic rings. The highest BCUT2D eigenvalue weighted by Gasteiger charge is 2.27. The monoisotopic (exact) mass is 223 g/mol. The van der Waals surface area contributed by atoms with E-state index in [0.717, 1.165) is 12.8 Å². The van der Waals surface area contributed by atoms with E-state index in [1.54, 1.807) is 0 Å². The summed E-state index contributed by atoms with van der Waals surface area (Å²) in [6.07, 6.45) is 4.70. The van der Waals surface area contributed by atoms with Gasteiger partial charge in [0.15, 0.2) is 0 Å². The van der Waals surface area contributed by atoms with Crippen molar-refractivity contribution in [1.82, 2.24) is 10.2 Å².